The van der Waals surface area contributed by atoms with E-state index in [9.17, 15) is 4.79 Å². The summed E-state index contributed by atoms with van der Waals surface area (Å²) in [6.45, 7) is 6.58. The molecule has 2 rings (SSSR count). The highest BCUT2D eigenvalue weighted by Crippen LogP contribution is 2.09. The largest absolute Gasteiger partial charge is 0.290 e. The molecule has 0 unspecified atom stereocenters. The molecule has 0 saturated heterocycles. The molecule has 18 heavy (non-hydrogen) atoms. The van der Waals surface area contributed by atoms with Crippen LogP contribution in [0.15, 0.2) is 30.3 Å². The molecule has 0 aliphatic rings. The van der Waals surface area contributed by atoms with Crippen molar-refractivity contribution in [2.75, 3.05) is 0 Å². The molecular formula is C15H19N2O+. The Morgan fingerprint density at radius 1 is 1.17 bits per heavy atom. The quantitative estimate of drug-likeness (QED) is 0.599. The monoisotopic (exact) mass is 243 g/mol. The van der Waals surface area contributed by atoms with Gasteiger partial charge < -0.3 is 0 Å². The maximum Gasteiger partial charge on any atom is 0.253 e. The Balaban J connectivity index is 2.31. The molecule has 94 valence electrons. The number of imidazole rings is 1. The van der Waals surface area contributed by atoms with Gasteiger partial charge in [0.1, 0.15) is 11.4 Å². The standard InChI is InChI=1S/C15H19N2O/c1-11-12(2)17(13(3)16(11)4)10-15(18)14-8-6-5-7-9-14/h5-9H,10H2,1-4H3/q+1. The van der Waals surface area contributed by atoms with Crippen molar-refractivity contribution >= 4 is 5.78 Å². The second kappa shape index (κ2) is 4.77. The minimum Gasteiger partial charge on any atom is -0.290 e. The summed E-state index contributed by atoms with van der Waals surface area (Å²) in [5.41, 5.74) is 3.12. The van der Waals surface area contributed by atoms with Crippen molar-refractivity contribution in [3.8, 4) is 0 Å². The van der Waals surface area contributed by atoms with Crippen LogP contribution in [0.3, 0.4) is 0 Å². The van der Waals surface area contributed by atoms with Crippen molar-refractivity contribution in [1.82, 2.24) is 4.57 Å². The Kier molecular flexibility index (Phi) is 3.32. The predicted octanol–water partition coefficient (Wildman–Crippen LogP) is 2.12. The van der Waals surface area contributed by atoms with Crippen molar-refractivity contribution in [3.63, 3.8) is 0 Å². The average molecular weight is 243 g/mol. The van der Waals surface area contributed by atoms with Gasteiger partial charge in [0, 0.05) is 26.3 Å². The summed E-state index contributed by atoms with van der Waals surface area (Å²) in [6.07, 6.45) is 0. The number of ketones is 1. The molecule has 0 amide bonds. The van der Waals surface area contributed by atoms with E-state index in [0.717, 1.165) is 17.1 Å². The molecule has 0 aliphatic heterocycles. The first-order valence-corrected chi connectivity index (χ1v) is 6.13. The highest BCUT2D eigenvalue weighted by Gasteiger charge is 2.21. The fourth-order valence-corrected chi connectivity index (χ4v) is 2.20. The minimum atomic E-state index is 0.150. The maximum atomic E-state index is 12.2. The second-order valence-electron chi connectivity index (χ2n) is 4.65. The second-order valence-corrected chi connectivity index (χ2v) is 4.65. The van der Waals surface area contributed by atoms with Crippen LogP contribution in [0.4, 0.5) is 0 Å². The fourth-order valence-electron chi connectivity index (χ4n) is 2.20. The third-order valence-electron chi connectivity index (χ3n) is 3.71. The lowest BCUT2D eigenvalue weighted by Crippen LogP contribution is -2.33. The molecule has 0 bridgehead atoms. The maximum absolute atomic E-state index is 12.2. The number of benzene rings is 1. The summed E-state index contributed by atoms with van der Waals surface area (Å²) in [5, 5.41) is 0. The van der Waals surface area contributed by atoms with E-state index in [4.69, 9.17) is 0 Å². The molecule has 0 spiro atoms. The van der Waals surface area contributed by atoms with Crippen LogP contribution in [0.1, 0.15) is 27.6 Å². The number of carbonyl (C=O) groups is 1. The summed E-state index contributed by atoms with van der Waals surface area (Å²) in [6, 6.07) is 9.45. The molecule has 3 heteroatoms. The highest BCUT2D eigenvalue weighted by molar-refractivity contribution is 5.95. The van der Waals surface area contributed by atoms with Crippen LogP contribution in [0.2, 0.25) is 0 Å². The lowest BCUT2D eigenvalue weighted by molar-refractivity contribution is -0.683. The number of hydrogen-bond acceptors (Lipinski definition) is 1. The molecule has 3 nitrogen and oxygen atoms in total. The molecule has 2 aromatic rings. The zero-order valence-electron chi connectivity index (χ0n) is 11.4. The van der Waals surface area contributed by atoms with E-state index in [0.29, 0.717) is 6.54 Å². The van der Waals surface area contributed by atoms with Gasteiger partial charge in [-0.3, -0.25) is 4.79 Å². The molecule has 0 N–H and O–H groups in total. The van der Waals surface area contributed by atoms with E-state index in [2.05, 4.69) is 23.0 Å². The number of aromatic nitrogens is 2. The van der Waals surface area contributed by atoms with E-state index in [1.54, 1.807) is 0 Å². The van der Waals surface area contributed by atoms with Gasteiger partial charge >= 0.3 is 0 Å². The Hall–Kier alpha value is -1.90. The SMILES string of the molecule is Cc1c(C)[n+](C)c(C)n1CC(=O)c1ccccc1. The molecule has 0 fully saturated rings. The smallest absolute Gasteiger partial charge is 0.253 e. The first-order chi connectivity index (χ1) is 8.52. The van der Waals surface area contributed by atoms with Crippen LogP contribution < -0.4 is 4.57 Å². The Labute approximate surface area is 108 Å². The summed E-state index contributed by atoms with van der Waals surface area (Å²) < 4.78 is 4.19. The van der Waals surface area contributed by atoms with E-state index in [-0.39, 0.29) is 5.78 Å². The van der Waals surface area contributed by atoms with Gasteiger partial charge in [0.05, 0.1) is 7.05 Å². The predicted molar refractivity (Wildman–Crippen MR) is 70.6 cm³/mol. The molecule has 0 aliphatic carbocycles. The number of carbonyl (C=O) groups excluding carboxylic acids is 1. The fraction of sp³-hybridized carbons (Fsp3) is 0.333. The van der Waals surface area contributed by atoms with E-state index in [1.807, 2.05) is 44.3 Å². The molecule has 1 aromatic heterocycles. The summed E-state index contributed by atoms with van der Waals surface area (Å²) >= 11 is 0. The van der Waals surface area contributed by atoms with Crippen molar-refractivity contribution < 1.29 is 9.36 Å². The average Bonchev–Trinajstić information content (AvgIpc) is 2.57. The Morgan fingerprint density at radius 2 is 1.78 bits per heavy atom. The molecule has 1 aromatic carbocycles. The lowest BCUT2D eigenvalue weighted by Gasteiger charge is -2.01. The topological polar surface area (TPSA) is 25.9 Å². The summed E-state index contributed by atoms with van der Waals surface area (Å²) in [4.78, 5) is 12.2. The lowest BCUT2D eigenvalue weighted by atomic mass is 10.1. The zero-order chi connectivity index (χ0) is 13.3. The summed E-state index contributed by atoms with van der Waals surface area (Å²) in [5.74, 6) is 1.26. The van der Waals surface area contributed by atoms with Crippen LogP contribution in [0.25, 0.3) is 0 Å². The van der Waals surface area contributed by atoms with Crippen LogP contribution in [-0.4, -0.2) is 10.4 Å². The number of nitrogens with zero attached hydrogens (tertiary/aromatic N) is 2. The van der Waals surface area contributed by atoms with Crippen LogP contribution in [-0.2, 0) is 13.6 Å². The molecular weight excluding hydrogens is 224 g/mol. The van der Waals surface area contributed by atoms with Gasteiger partial charge in [0.2, 0.25) is 5.78 Å². The van der Waals surface area contributed by atoms with Crippen molar-refractivity contribution in [3.05, 3.63) is 53.1 Å². The number of hydrogen-bond donors (Lipinski definition) is 0. The Bertz CT molecular complexity index is 557. The molecule has 0 radical (unpaired) electrons. The van der Waals surface area contributed by atoms with Gasteiger partial charge in [-0.05, 0) is 0 Å². The van der Waals surface area contributed by atoms with E-state index < -0.39 is 0 Å². The summed E-state index contributed by atoms with van der Waals surface area (Å²) in [7, 11) is 2.03. The van der Waals surface area contributed by atoms with Gasteiger partial charge in [-0.15, -0.1) is 0 Å². The van der Waals surface area contributed by atoms with Crippen molar-refractivity contribution in [1.29, 1.82) is 0 Å². The first-order valence-electron chi connectivity index (χ1n) is 6.13. The zero-order valence-corrected chi connectivity index (χ0v) is 11.4. The van der Waals surface area contributed by atoms with Gasteiger partial charge in [0.25, 0.3) is 5.82 Å². The molecule has 1 heterocycles. The highest BCUT2D eigenvalue weighted by atomic mass is 16.1. The molecule has 0 saturated carbocycles. The van der Waals surface area contributed by atoms with Gasteiger partial charge in [-0.25, -0.2) is 9.13 Å². The van der Waals surface area contributed by atoms with E-state index >= 15 is 0 Å². The van der Waals surface area contributed by atoms with E-state index in [1.165, 1.54) is 5.69 Å². The van der Waals surface area contributed by atoms with Crippen molar-refractivity contribution in [2.24, 2.45) is 7.05 Å². The van der Waals surface area contributed by atoms with Crippen LogP contribution >= 0.6 is 0 Å². The number of rotatable bonds is 3. The first kappa shape index (κ1) is 12.6. The van der Waals surface area contributed by atoms with Gasteiger partial charge in [0.15, 0.2) is 6.54 Å². The van der Waals surface area contributed by atoms with Crippen LogP contribution in [0, 0.1) is 20.8 Å². The van der Waals surface area contributed by atoms with Gasteiger partial charge in [-0.2, -0.15) is 0 Å². The van der Waals surface area contributed by atoms with Crippen LogP contribution in [0.5, 0.6) is 0 Å². The molecule has 0 atom stereocenters. The Morgan fingerprint density at radius 3 is 2.28 bits per heavy atom. The van der Waals surface area contributed by atoms with Crippen molar-refractivity contribution in [2.45, 2.75) is 27.3 Å². The third-order valence-corrected chi connectivity index (χ3v) is 3.71. The third kappa shape index (κ3) is 2.08. The van der Waals surface area contributed by atoms with Gasteiger partial charge in [-0.1, -0.05) is 30.3 Å². The number of Topliss-reactive ketones (excluding diaryl/α,β-unsaturated/α-hetero) is 1. The normalized spacial score (nSPS) is 10.7. The minimum absolute atomic E-state index is 0.150.